The van der Waals surface area contributed by atoms with Gasteiger partial charge in [0.25, 0.3) is 5.91 Å². The number of anilines is 1. The maximum atomic E-state index is 11.9. The number of fused-ring (bicyclic) bond motifs is 1. The van der Waals surface area contributed by atoms with Crippen LogP contribution in [-0.4, -0.2) is 31.6 Å². The normalized spacial score (nSPS) is 18.5. The van der Waals surface area contributed by atoms with Crippen molar-refractivity contribution in [2.75, 3.05) is 24.5 Å². The topological polar surface area (TPSA) is 41.6 Å². The van der Waals surface area contributed by atoms with E-state index in [-0.39, 0.29) is 11.9 Å². The summed E-state index contributed by atoms with van der Waals surface area (Å²) in [6.45, 7) is 2.63. The van der Waals surface area contributed by atoms with E-state index in [1.165, 1.54) is 0 Å². The van der Waals surface area contributed by atoms with Crippen molar-refractivity contribution in [2.24, 2.45) is 0 Å². The number of likely N-dealkylation sites (N-methyl/N-ethyl adjacent to an activating group) is 1. The lowest BCUT2D eigenvalue weighted by Crippen LogP contribution is -2.43. The van der Waals surface area contributed by atoms with Gasteiger partial charge in [-0.3, -0.25) is 9.69 Å². The van der Waals surface area contributed by atoms with Gasteiger partial charge in [0, 0.05) is 0 Å². The van der Waals surface area contributed by atoms with E-state index in [1.807, 2.05) is 25.2 Å². The highest BCUT2D eigenvalue weighted by atomic mass is 35.5. The summed E-state index contributed by atoms with van der Waals surface area (Å²) in [6, 6.07) is 6.04. The molecule has 1 unspecified atom stereocenters. The number of benzene rings is 1. The summed E-state index contributed by atoms with van der Waals surface area (Å²) in [7, 11) is 1.91. The predicted molar refractivity (Wildman–Crippen MR) is 72.4 cm³/mol. The van der Waals surface area contributed by atoms with Crippen molar-refractivity contribution in [3.8, 4) is 5.75 Å². The van der Waals surface area contributed by atoms with E-state index in [0.29, 0.717) is 0 Å². The molecule has 1 aromatic carbocycles. The minimum Gasteiger partial charge on any atom is -0.479 e. The number of alkyl halides is 1. The number of rotatable bonds is 4. The molecule has 1 heterocycles. The minimum absolute atomic E-state index is 0.0942. The molecule has 2 rings (SSSR count). The Morgan fingerprint density at radius 3 is 2.94 bits per heavy atom. The van der Waals surface area contributed by atoms with Gasteiger partial charge in [0.2, 0.25) is 0 Å². The van der Waals surface area contributed by atoms with Crippen LogP contribution in [0.15, 0.2) is 18.2 Å². The van der Waals surface area contributed by atoms with Crippen molar-refractivity contribution in [3.63, 3.8) is 0 Å². The van der Waals surface area contributed by atoms with Gasteiger partial charge in [-0.2, -0.15) is 0 Å². The van der Waals surface area contributed by atoms with E-state index in [0.717, 1.165) is 30.0 Å². The quantitative estimate of drug-likeness (QED) is 0.668. The van der Waals surface area contributed by atoms with Crippen molar-refractivity contribution in [1.82, 2.24) is 5.32 Å². The molecule has 0 saturated heterocycles. The minimum atomic E-state index is -0.473. The first-order chi connectivity index (χ1) is 8.67. The Kier molecular flexibility index (Phi) is 4.09. The van der Waals surface area contributed by atoms with Crippen LogP contribution in [0.3, 0.4) is 0 Å². The fraction of sp³-hybridized carbons (Fsp3) is 0.462. The van der Waals surface area contributed by atoms with Crippen LogP contribution in [0.25, 0.3) is 0 Å². The first kappa shape index (κ1) is 13.2. The molecule has 0 spiro atoms. The van der Waals surface area contributed by atoms with Crippen molar-refractivity contribution in [3.05, 3.63) is 23.8 Å². The third-order valence-corrected chi connectivity index (χ3v) is 3.25. The summed E-state index contributed by atoms with van der Waals surface area (Å²) in [4.78, 5) is 13.5. The summed E-state index contributed by atoms with van der Waals surface area (Å²) < 4.78 is 5.57. The molecule has 0 fully saturated rings. The highest BCUT2D eigenvalue weighted by Gasteiger charge is 2.30. The molecular weight excluding hydrogens is 252 g/mol. The molecule has 1 atom stereocenters. The van der Waals surface area contributed by atoms with Crippen LogP contribution in [0.1, 0.15) is 12.5 Å². The lowest BCUT2D eigenvalue weighted by Gasteiger charge is -2.31. The van der Waals surface area contributed by atoms with Crippen LogP contribution in [0.2, 0.25) is 0 Å². The van der Waals surface area contributed by atoms with E-state index in [4.69, 9.17) is 16.3 Å². The van der Waals surface area contributed by atoms with Crippen molar-refractivity contribution in [2.45, 2.75) is 19.4 Å². The maximum absolute atomic E-state index is 11.9. The van der Waals surface area contributed by atoms with Gasteiger partial charge >= 0.3 is 0 Å². The number of nitrogens with zero attached hydrogens (tertiary/aromatic N) is 1. The second kappa shape index (κ2) is 5.59. The van der Waals surface area contributed by atoms with Crippen LogP contribution in [0.4, 0.5) is 5.69 Å². The smallest absolute Gasteiger partial charge is 0.268 e. The van der Waals surface area contributed by atoms with Gasteiger partial charge in [-0.1, -0.05) is 6.07 Å². The molecule has 4 nitrogen and oxygen atoms in total. The summed E-state index contributed by atoms with van der Waals surface area (Å²) in [5.74, 6) is 0.624. The maximum Gasteiger partial charge on any atom is 0.268 e. The molecule has 1 aliphatic rings. The Morgan fingerprint density at radius 1 is 1.50 bits per heavy atom. The molecule has 0 radical (unpaired) electrons. The zero-order chi connectivity index (χ0) is 13.1. The van der Waals surface area contributed by atoms with Crippen molar-refractivity contribution in [1.29, 1.82) is 0 Å². The SMILES string of the molecule is CNCCc1ccc2c(c1)N(CCl)C(=O)C(C)O2. The number of hydrogen-bond acceptors (Lipinski definition) is 3. The fourth-order valence-electron chi connectivity index (χ4n) is 2.00. The Hall–Kier alpha value is -1.26. The Balaban J connectivity index is 2.32. The summed E-state index contributed by atoms with van der Waals surface area (Å²) in [5, 5.41) is 3.10. The Morgan fingerprint density at radius 2 is 2.28 bits per heavy atom. The zero-order valence-electron chi connectivity index (χ0n) is 10.6. The molecule has 5 heteroatoms. The fourth-order valence-corrected chi connectivity index (χ4v) is 2.25. The highest BCUT2D eigenvalue weighted by molar-refractivity contribution is 6.22. The van der Waals surface area contributed by atoms with Gasteiger partial charge in [0.15, 0.2) is 6.10 Å². The third kappa shape index (κ3) is 2.44. The van der Waals surface area contributed by atoms with Crippen LogP contribution >= 0.6 is 11.6 Å². The summed E-state index contributed by atoms with van der Waals surface area (Å²) >= 11 is 5.86. The molecule has 18 heavy (non-hydrogen) atoms. The van der Waals surface area contributed by atoms with E-state index in [1.54, 1.807) is 11.8 Å². The molecule has 1 N–H and O–H groups in total. The molecule has 1 aromatic rings. The second-order valence-corrected chi connectivity index (χ2v) is 4.54. The molecule has 0 saturated carbocycles. The molecule has 1 aliphatic heterocycles. The number of amides is 1. The van der Waals surface area contributed by atoms with Crippen molar-refractivity contribution >= 4 is 23.2 Å². The largest absolute Gasteiger partial charge is 0.479 e. The predicted octanol–water partition coefficient (Wildman–Crippen LogP) is 1.76. The molecule has 1 amide bonds. The van der Waals surface area contributed by atoms with Gasteiger partial charge in [-0.05, 0) is 44.6 Å². The van der Waals surface area contributed by atoms with Crippen LogP contribution in [0.5, 0.6) is 5.75 Å². The Bertz CT molecular complexity index is 451. The summed E-state index contributed by atoms with van der Waals surface area (Å²) in [6.07, 6.45) is 0.434. The lowest BCUT2D eigenvalue weighted by atomic mass is 10.1. The molecular formula is C13H17ClN2O2. The van der Waals surface area contributed by atoms with Crippen LogP contribution < -0.4 is 15.0 Å². The van der Waals surface area contributed by atoms with Crippen LogP contribution in [0, 0.1) is 0 Å². The third-order valence-electron chi connectivity index (χ3n) is 3.01. The summed E-state index contributed by atoms with van der Waals surface area (Å²) in [5.41, 5.74) is 1.92. The van der Waals surface area contributed by atoms with Gasteiger partial charge in [-0.15, -0.1) is 11.6 Å². The average molecular weight is 269 g/mol. The number of halogens is 1. The van der Waals surface area contributed by atoms with Gasteiger partial charge in [0.05, 0.1) is 5.69 Å². The number of carbonyl (C=O) groups is 1. The van der Waals surface area contributed by atoms with Gasteiger partial charge in [-0.25, -0.2) is 0 Å². The molecule has 0 aliphatic carbocycles. The van der Waals surface area contributed by atoms with E-state index in [9.17, 15) is 4.79 Å². The standard InChI is InChI=1S/C13H17ClN2O2/c1-9-13(17)16(8-14)11-7-10(5-6-15-2)3-4-12(11)18-9/h3-4,7,9,15H,5-6,8H2,1-2H3. The molecule has 98 valence electrons. The van der Waals surface area contributed by atoms with E-state index < -0.39 is 6.10 Å². The first-order valence-corrected chi connectivity index (χ1v) is 6.52. The molecule has 0 aromatic heterocycles. The monoisotopic (exact) mass is 268 g/mol. The Labute approximate surface area is 112 Å². The first-order valence-electron chi connectivity index (χ1n) is 5.99. The lowest BCUT2D eigenvalue weighted by molar-refractivity contribution is -0.125. The van der Waals surface area contributed by atoms with E-state index in [2.05, 4.69) is 5.32 Å². The highest BCUT2D eigenvalue weighted by Crippen LogP contribution is 2.35. The molecule has 0 bridgehead atoms. The second-order valence-electron chi connectivity index (χ2n) is 4.30. The van der Waals surface area contributed by atoms with E-state index >= 15 is 0 Å². The number of carbonyl (C=O) groups excluding carboxylic acids is 1. The zero-order valence-corrected chi connectivity index (χ0v) is 11.3. The number of ether oxygens (including phenoxy) is 1. The van der Waals surface area contributed by atoms with Crippen LogP contribution in [-0.2, 0) is 11.2 Å². The number of nitrogens with one attached hydrogen (secondary N) is 1. The van der Waals surface area contributed by atoms with Gasteiger partial charge < -0.3 is 10.1 Å². The van der Waals surface area contributed by atoms with Crippen molar-refractivity contribution < 1.29 is 9.53 Å². The van der Waals surface area contributed by atoms with Gasteiger partial charge in [0.1, 0.15) is 11.8 Å². The number of hydrogen-bond donors (Lipinski definition) is 1. The average Bonchev–Trinajstić information content (AvgIpc) is 2.38.